The summed E-state index contributed by atoms with van der Waals surface area (Å²) in [5, 5.41) is 7.02. The minimum Gasteiger partial charge on any atom is -0.473 e. The molecule has 2 saturated carbocycles. The van der Waals surface area contributed by atoms with E-state index in [-0.39, 0.29) is 19.8 Å². The highest BCUT2D eigenvalue weighted by Crippen LogP contribution is 2.15. The third-order valence-electron chi connectivity index (χ3n) is 3.14. The maximum absolute atomic E-state index is 10.5. The summed E-state index contributed by atoms with van der Waals surface area (Å²) in [6.07, 6.45) is 14.2. The summed E-state index contributed by atoms with van der Waals surface area (Å²) in [5.74, 6) is 0.464. The Morgan fingerprint density at radius 1 is 0.960 bits per heavy atom. The van der Waals surface area contributed by atoms with Crippen molar-refractivity contribution in [2.45, 2.75) is 85.0 Å². The van der Waals surface area contributed by atoms with Crippen LogP contribution in [-0.2, 0) is 4.79 Å². The second kappa shape index (κ2) is 26.3. The largest absolute Gasteiger partial charge is 0.473 e. The molecule has 2 aliphatic carbocycles. The van der Waals surface area contributed by atoms with Gasteiger partial charge in [0.1, 0.15) is 5.78 Å². The van der Waals surface area contributed by atoms with Crippen LogP contribution in [0.25, 0.3) is 0 Å². The number of Topliss-reactive ketones (excluding diaryl/α,β-unsaturated/α-hetero) is 1. The van der Waals surface area contributed by atoms with E-state index in [1.165, 1.54) is 44.9 Å². The molecule has 0 amide bonds. The predicted molar refractivity (Wildman–Crippen MR) is 124 cm³/mol. The van der Waals surface area contributed by atoms with Crippen molar-refractivity contribution in [3.05, 3.63) is 0 Å². The fraction of sp³-hybridized carbons (Fsp3) is 0.765. The van der Waals surface area contributed by atoms with Gasteiger partial charge in [0, 0.05) is 17.2 Å². The van der Waals surface area contributed by atoms with Gasteiger partial charge in [0.25, 0.3) is 0 Å². The summed E-state index contributed by atoms with van der Waals surface area (Å²) in [7, 11) is 0. The first-order valence-electron chi connectivity index (χ1n) is 7.86. The predicted octanol–water partition coefficient (Wildman–Crippen LogP) is 7.68. The average Bonchev–Trinajstić information content (AvgIpc) is 2.50. The number of hydrogen-bond donors (Lipinski definition) is 1. The van der Waals surface area contributed by atoms with Gasteiger partial charge in [0.05, 0.1) is 4.20 Å². The number of carboxylic acid groups (broad SMARTS) is 1. The molecule has 0 saturated heterocycles. The molecule has 0 heterocycles. The summed E-state index contributed by atoms with van der Waals surface area (Å²) < 4.78 is 2.35. The van der Waals surface area contributed by atoms with E-state index in [9.17, 15) is 9.59 Å². The van der Waals surface area contributed by atoms with Gasteiger partial charge in [0.15, 0.2) is 0 Å². The van der Waals surface area contributed by atoms with Gasteiger partial charge in [-0.3, -0.25) is 4.79 Å². The van der Waals surface area contributed by atoms with E-state index in [2.05, 4.69) is 36.7 Å². The first-order valence-corrected chi connectivity index (χ1v) is 9.90. The van der Waals surface area contributed by atoms with Gasteiger partial charge in [-0.15, -0.1) is 12.4 Å². The Hall–Kier alpha value is 0.0900. The number of ketones is 1. The van der Waals surface area contributed by atoms with Crippen LogP contribution in [0.1, 0.15) is 85.0 Å². The van der Waals surface area contributed by atoms with Crippen molar-refractivity contribution < 1.29 is 14.7 Å². The van der Waals surface area contributed by atoms with Crippen LogP contribution in [0.5, 0.6) is 0 Å². The fourth-order valence-corrected chi connectivity index (χ4v) is 2.59. The molecule has 2 fully saturated rings. The number of thioether (sulfide) groups is 1. The van der Waals surface area contributed by atoms with Crippen LogP contribution in [0, 0.1) is 0 Å². The third kappa shape index (κ3) is 35.9. The minimum absolute atomic E-state index is 0. The van der Waals surface area contributed by atoms with Gasteiger partial charge >= 0.3 is 5.30 Å². The zero-order valence-corrected chi connectivity index (χ0v) is 18.2. The van der Waals surface area contributed by atoms with Crippen molar-refractivity contribution in [2.24, 2.45) is 0 Å². The lowest BCUT2D eigenvalue weighted by molar-refractivity contribution is -0.120. The molecule has 0 bridgehead atoms. The molecule has 0 aliphatic heterocycles. The summed E-state index contributed by atoms with van der Waals surface area (Å²) in [6, 6.07) is 0. The molecule has 3 nitrogen and oxygen atoms in total. The molecule has 0 spiro atoms. The molecule has 8 heteroatoms. The maximum atomic E-state index is 10.5. The minimum atomic E-state index is -0.937. The Labute approximate surface area is 179 Å². The summed E-state index contributed by atoms with van der Waals surface area (Å²) >= 11 is 13.0. The fourth-order valence-electron chi connectivity index (χ4n) is 2.13. The molecule has 1 N–H and O–H groups in total. The number of halogens is 1. The van der Waals surface area contributed by atoms with E-state index in [1.807, 2.05) is 4.31 Å². The lowest BCUT2D eigenvalue weighted by Gasteiger charge is -2.05. The number of hydrogen-bond acceptors (Lipinski definition) is 6. The number of carbonyl (C=O) groups excluding carboxylic acids is 1. The third-order valence-corrected chi connectivity index (χ3v) is 3.85. The molecule has 0 unspecified atom stereocenters. The van der Waals surface area contributed by atoms with Gasteiger partial charge in [0.2, 0.25) is 0 Å². The van der Waals surface area contributed by atoms with Crippen LogP contribution in [0.2, 0.25) is 0 Å². The van der Waals surface area contributed by atoms with Gasteiger partial charge in [-0.25, -0.2) is 4.79 Å². The molecule has 2 rings (SSSR count). The molecule has 148 valence electrons. The molecular weight excluding hydrogens is 416 g/mol. The molecule has 0 aromatic heterocycles. The number of rotatable bonds is 0. The zero-order chi connectivity index (χ0) is 17.9. The summed E-state index contributed by atoms with van der Waals surface area (Å²) in [6.45, 7) is 1.58. The smallest absolute Gasteiger partial charge is 0.370 e. The van der Waals surface area contributed by atoms with Crippen molar-refractivity contribution in [2.75, 3.05) is 0 Å². The molecule has 0 aromatic carbocycles. The van der Waals surface area contributed by atoms with E-state index >= 15 is 0 Å². The SMILES string of the molecule is C.C1CCCCC1.CC(=S)SC(=O)O.Cl.O=C1CCCCC1.S=C=S. The van der Waals surface area contributed by atoms with Crippen LogP contribution in [0.3, 0.4) is 0 Å². The Bertz CT molecular complexity index is 349. The lowest BCUT2D eigenvalue weighted by atomic mass is 10.00. The molecule has 0 aromatic rings. The standard InChI is InChI=1S/C6H10O.C6H12.C3H4O2S2.CS2.CH4.ClH/c7-6-4-2-1-3-5-6;1-2-4-6-5-3-1;1-2(6)7-3(4)5;2-1-3;;/h1-5H2;1-6H2;1H3,(H,4,5);;1H4;1H. The average molecular weight is 447 g/mol. The van der Waals surface area contributed by atoms with Crippen LogP contribution in [0.15, 0.2) is 0 Å². The normalized spacial score (nSPS) is 14.7. The Balaban J connectivity index is -0.000000119. The number of thiocarbonyl (C=S) groups is 3. The van der Waals surface area contributed by atoms with Gasteiger partial charge in [-0.05, 0) is 56.0 Å². The highest BCUT2D eigenvalue weighted by atomic mass is 35.5. The molecule has 0 atom stereocenters. The summed E-state index contributed by atoms with van der Waals surface area (Å²) in [4.78, 5) is 20.1. The van der Waals surface area contributed by atoms with Crippen molar-refractivity contribution in [1.82, 2.24) is 0 Å². The highest BCUT2D eigenvalue weighted by Gasteiger charge is 2.06. The van der Waals surface area contributed by atoms with Crippen LogP contribution in [-0.4, -0.2) is 24.7 Å². The molecular formula is C17H31ClO3S4. The van der Waals surface area contributed by atoms with E-state index in [0.29, 0.717) is 21.7 Å². The molecule has 2 aliphatic rings. The Kier molecular flexibility index (Phi) is 34.5. The molecule has 25 heavy (non-hydrogen) atoms. The Morgan fingerprint density at radius 3 is 1.36 bits per heavy atom. The van der Waals surface area contributed by atoms with E-state index in [0.717, 1.165) is 25.7 Å². The summed E-state index contributed by atoms with van der Waals surface area (Å²) in [5.41, 5.74) is 0. The number of carbonyl (C=O) groups is 2. The topological polar surface area (TPSA) is 54.4 Å². The van der Waals surface area contributed by atoms with Gasteiger partial charge in [-0.2, -0.15) is 0 Å². The van der Waals surface area contributed by atoms with Crippen molar-refractivity contribution >= 4 is 80.4 Å². The lowest BCUT2D eigenvalue weighted by Crippen LogP contribution is -2.02. The zero-order valence-electron chi connectivity index (χ0n) is 14.1. The van der Waals surface area contributed by atoms with Crippen molar-refractivity contribution in [1.29, 1.82) is 0 Å². The van der Waals surface area contributed by atoms with Crippen molar-refractivity contribution in [3.63, 3.8) is 0 Å². The first-order chi connectivity index (χ1) is 10.9. The van der Waals surface area contributed by atoms with Gasteiger partial charge in [-0.1, -0.05) is 64.6 Å². The monoisotopic (exact) mass is 446 g/mol. The second-order valence-electron chi connectivity index (χ2n) is 5.16. The van der Waals surface area contributed by atoms with Gasteiger partial charge < -0.3 is 5.11 Å². The molecule has 0 radical (unpaired) electrons. The van der Waals surface area contributed by atoms with E-state index < -0.39 is 5.30 Å². The van der Waals surface area contributed by atoms with E-state index in [1.54, 1.807) is 6.92 Å². The quantitative estimate of drug-likeness (QED) is 0.382. The Morgan fingerprint density at radius 2 is 1.24 bits per heavy atom. The first kappa shape index (κ1) is 32.7. The van der Waals surface area contributed by atoms with Crippen LogP contribution < -0.4 is 0 Å². The second-order valence-corrected chi connectivity index (χ2v) is 7.87. The maximum Gasteiger partial charge on any atom is 0.370 e. The van der Waals surface area contributed by atoms with Crippen molar-refractivity contribution in [3.8, 4) is 0 Å². The van der Waals surface area contributed by atoms with Crippen LogP contribution >= 0.6 is 60.8 Å². The van der Waals surface area contributed by atoms with Crippen LogP contribution in [0.4, 0.5) is 4.79 Å². The highest BCUT2D eigenvalue weighted by molar-refractivity contribution is 8.32. The van der Waals surface area contributed by atoms with E-state index in [4.69, 9.17) is 5.11 Å².